The number of nitrogens with zero attached hydrogens (tertiary/aromatic N) is 4. The maximum absolute atomic E-state index is 10.5. The molecule has 0 radical (unpaired) electrons. The maximum atomic E-state index is 10.5. The van der Waals surface area contributed by atoms with Crippen LogP contribution in [0.5, 0.6) is 0 Å². The Kier molecular flexibility index (Phi) is 19.0. The maximum Gasteiger partial charge on any atom is 0.341 e. The van der Waals surface area contributed by atoms with Crippen LogP contribution in [0, 0.1) is 18.8 Å². The molecule has 1 saturated heterocycles. The summed E-state index contributed by atoms with van der Waals surface area (Å²) in [6, 6.07) is 8.09. The Labute approximate surface area is 254 Å². The molecule has 0 bridgehead atoms. The highest BCUT2D eigenvalue weighted by Crippen LogP contribution is 2.16. The molecule has 3 rings (SSSR count). The lowest BCUT2D eigenvalue weighted by Crippen LogP contribution is -2.46. The number of aliphatic carboxylic acids is 1. The van der Waals surface area contributed by atoms with Gasteiger partial charge in [0.25, 0.3) is 0 Å². The topological polar surface area (TPSA) is 90.8 Å². The van der Waals surface area contributed by atoms with E-state index in [1.54, 1.807) is 6.08 Å². The van der Waals surface area contributed by atoms with Crippen molar-refractivity contribution in [2.45, 2.75) is 60.9 Å². The molecular formula is C34H55N5O3. The van der Waals surface area contributed by atoms with E-state index < -0.39 is 5.97 Å². The number of carboxylic acid groups (broad SMARTS) is 1. The number of piperazine rings is 1. The summed E-state index contributed by atoms with van der Waals surface area (Å²) in [6.07, 6.45) is 9.83. The van der Waals surface area contributed by atoms with Crippen molar-refractivity contribution in [3.8, 4) is 0 Å². The summed E-state index contributed by atoms with van der Waals surface area (Å²) in [7, 11) is 2.02. The number of para-hydroxylation sites is 1. The minimum Gasteiger partial charge on any atom is -0.489 e. The summed E-state index contributed by atoms with van der Waals surface area (Å²) in [4.78, 5) is 24.6. The number of carbonyl (C=O) groups is 1. The van der Waals surface area contributed by atoms with Crippen molar-refractivity contribution < 1.29 is 14.6 Å². The minimum atomic E-state index is -0.987. The Morgan fingerprint density at radius 2 is 1.81 bits per heavy atom. The second-order valence-corrected chi connectivity index (χ2v) is 10.8. The first-order valence-corrected chi connectivity index (χ1v) is 15.3. The van der Waals surface area contributed by atoms with Crippen LogP contribution in [0.4, 0.5) is 0 Å². The van der Waals surface area contributed by atoms with Crippen LogP contribution in [-0.2, 0) is 16.1 Å². The van der Waals surface area contributed by atoms with E-state index in [4.69, 9.17) is 14.8 Å². The SMILES string of the molecule is C/C=C\CC.C=C/C(=C/OCC(=O)O)CN1CCN(Cc2nc(C)c3ccccc3n2)CC1.CCC(CNC)C(C)C. The summed E-state index contributed by atoms with van der Waals surface area (Å²) in [5, 5.41) is 12.9. The van der Waals surface area contributed by atoms with Crippen LogP contribution in [0.1, 0.15) is 59.0 Å². The summed E-state index contributed by atoms with van der Waals surface area (Å²) in [5.74, 6) is 1.55. The van der Waals surface area contributed by atoms with E-state index in [1.807, 2.05) is 39.1 Å². The number of allylic oxidation sites excluding steroid dienone is 2. The average molecular weight is 582 g/mol. The minimum absolute atomic E-state index is 0.337. The Bertz CT molecular complexity index is 1110. The number of carboxylic acids is 1. The third kappa shape index (κ3) is 14.7. The Morgan fingerprint density at radius 1 is 1.14 bits per heavy atom. The molecule has 0 amide bonds. The second-order valence-electron chi connectivity index (χ2n) is 10.8. The molecule has 1 aliphatic heterocycles. The van der Waals surface area contributed by atoms with Crippen molar-refractivity contribution in [1.29, 1.82) is 0 Å². The lowest BCUT2D eigenvalue weighted by Gasteiger charge is -2.34. The Morgan fingerprint density at radius 3 is 2.31 bits per heavy atom. The molecule has 234 valence electrons. The van der Waals surface area contributed by atoms with Gasteiger partial charge in [0, 0.05) is 49.4 Å². The van der Waals surface area contributed by atoms with Crippen LogP contribution < -0.4 is 5.32 Å². The van der Waals surface area contributed by atoms with Crippen molar-refractivity contribution >= 4 is 16.9 Å². The summed E-state index contributed by atoms with van der Waals surface area (Å²) in [5.41, 5.74) is 2.88. The molecule has 0 saturated carbocycles. The van der Waals surface area contributed by atoms with Gasteiger partial charge in [-0.15, -0.1) is 0 Å². The van der Waals surface area contributed by atoms with Crippen LogP contribution in [0.15, 0.2) is 60.9 Å². The predicted molar refractivity (Wildman–Crippen MR) is 176 cm³/mol. The third-order valence-corrected chi connectivity index (χ3v) is 7.18. The molecule has 2 aromatic rings. The molecule has 1 aromatic carbocycles. The number of ether oxygens (including phenoxy) is 1. The molecule has 1 aliphatic rings. The number of benzene rings is 1. The van der Waals surface area contributed by atoms with Crippen molar-refractivity contribution in [2.75, 3.05) is 52.9 Å². The summed E-state index contributed by atoms with van der Waals surface area (Å²) >= 11 is 0. The van der Waals surface area contributed by atoms with Gasteiger partial charge in [0.1, 0.15) is 5.82 Å². The van der Waals surface area contributed by atoms with Gasteiger partial charge in [-0.05, 0) is 51.8 Å². The zero-order valence-corrected chi connectivity index (χ0v) is 27.1. The first-order chi connectivity index (χ1) is 20.2. The van der Waals surface area contributed by atoms with E-state index in [0.717, 1.165) is 85.5 Å². The van der Waals surface area contributed by atoms with Crippen LogP contribution in [0.2, 0.25) is 0 Å². The summed E-state index contributed by atoms with van der Waals surface area (Å²) < 4.78 is 5.05. The molecule has 0 aliphatic carbocycles. The van der Waals surface area contributed by atoms with Crippen molar-refractivity contribution in [2.24, 2.45) is 11.8 Å². The van der Waals surface area contributed by atoms with E-state index in [0.29, 0.717) is 6.54 Å². The molecule has 42 heavy (non-hydrogen) atoms. The number of hydrogen-bond acceptors (Lipinski definition) is 7. The first kappa shape index (κ1) is 37.0. The van der Waals surface area contributed by atoms with Gasteiger partial charge in [-0.1, -0.05) is 77.1 Å². The molecule has 1 atom stereocenters. The number of hydrogen-bond donors (Lipinski definition) is 2. The zero-order chi connectivity index (χ0) is 31.3. The monoisotopic (exact) mass is 581 g/mol. The smallest absolute Gasteiger partial charge is 0.341 e. The van der Waals surface area contributed by atoms with Crippen molar-refractivity contribution in [1.82, 2.24) is 25.1 Å². The highest BCUT2D eigenvalue weighted by atomic mass is 16.5. The van der Waals surface area contributed by atoms with Crippen molar-refractivity contribution in [3.05, 3.63) is 72.4 Å². The van der Waals surface area contributed by atoms with Gasteiger partial charge >= 0.3 is 5.97 Å². The molecule has 1 unspecified atom stereocenters. The molecule has 1 fully saturated rings. The van der Waals surface area contributed by atoms with Crippen molar-refractivity contribution in [3.63, 3.8) is 0 Å². The highest BCUT2D eigenvalue weighted by Gasteiger charge is 2.19. The fourth-order valence-electron chi connectivity index (χ4n) is 4.65. The van der Waals surface area contributed by atoms with Crippen LogP contribution in [-0.4, -0.2) is 83.8 Å². The van der Waals surface area contributed by atoms with Crippen LogP contribution >= 0.6 is 0 Å². The molecule has 1 aromatic heterocycles. The number of fused-ring (bicyclic) bond motifs is 1. The van der Waals surface area contributed by atoms with Gasteiger partial charge in [0.2, 0.25) is 0 Å². The van der Waals surface area contributed by atoms with Crippen LogP contribution in [0.25, 0.3) is 10.9 Å². The summed E-state index contributed by atoms with van der Waals surface area (Å²) in [6.45, 7) is 22.7. The highest BCUT2D eigenvalue weighted by molar-refractivity contribution is 5.80. The van der Waals surface area contributed by atoms with Gasteiger partial charge in [0.15, 0.2) is 6.61 Å². The van der Waals surface area contributed by atoms with E-state index in [2.05, 4.69) is 72.6 Å². The number of aromatic nitrogens is 2. The van der Waals surface area contributed by atoms with Gasteiger partial charge in [0.05, 0.1) is 18.3 Å². The number of nitrogens with one attached hydrogen (secondary N) is 1. The largest absolute Gasteiger partial charge is 0.489 e. The number of aryl methyl sites for hydroxylation is 1. The lowest BCUT2D eigenvalue weighted by molar-refractivity contribution is -0.140. The quantitative estimate of drug-likeness (QED) is 0.167. The Balaban J connectivity index is 0.000000524. The second kappa shape index (κ2) is 21.6. The normalized spacial score (nSPS) is 15.1. The zero-order valence-electron chi connectivity index (χ0n) is 27.1. The van der Waals surface area contributed by atoms with Gasteiger partial charge in [-0.3, -0.25) is 9.80 Å². The van der Waals surface area contributed by atoms with E-state index in [1.165, 1.54) is 12.7 Å². The number of rotatable bonds is 13. The van der Waals surface area contributed by atoms with Crippen LogP contribution in [0.3, 0.4) is 0 Å². The Hall–Kier alpha value is -3.07. The predicted octanol–water partition coefficient (Wildman–Crippen LogP) is 6.09. The van der Waals surface area contributed by atoms with Gasteiger partial charge < -0.3 is 15.2 Å². The standard InChI is InChI=1S/C21H26N4O3.C8H19N.C5H10/c1-3-17(14-28-15-21(26)27)12-24-8-10-25(11-9-24)13-20-22-16(2)18-6-4-5-7-19(18)23-20;1-5-8(6-9-4)7(2)3;1-3-5-4-2/h3-7,14H,1,8-13,15H2,2H3,(H,26,27);7-9H,5-6H2,1-4H3;3,5H,4H2,1-2H3/b17-14-;;5-3-. The lowest BCUT2D eigenvalue weighted by atomic mass is 9.93. The van der Waals surface area contributed by atoms with E-state index >= 15 is 0 Å². The first-order valence-electron chi connectivity index (χ1n) is 15.3. The average Bonchev–Trinajstić information content (AvgIpc) is 2.97. The molecular weight excluding hydrogens is 526 g/mol. The van der Waals surface area contributed by atoms with Gasteiger partial charge in [-0.25, -0.2) is 14.8 Å². The third-order valence-electron chi connectivity index (χ3n) is 7.18. The fourth-order valence-corrected chi connectivity index (χ4v) is 4.65. The molecule has 2 heterocycles. The molecule has 8 heteroatoms. The molecule has 0 spiro atoms. The fraction of sp³-hybridized carbons (Fsp3) is 0.559. The van der Waals surface area contributed by atoms with E-state index in [-0.39, 0.29) is 6.61 Å². The molecule has 8 nitrogen and oxygen atoms in total. The van der Waals surface area contributed by atoms with E-state index in [9.17, 15) is 4.79 Å². The molecule has 2 N–H and O–H groups in total. The van der Waals surface area contributed by atoms with Gasteiger partial charge in [-0.2, -0.15) is 0 Å².